The summed E-state index contributed by atoms with van der Waals surface area (Å²) in [5.74, 6) is 0.542. The number of piperidine rings is 1. The van der Waals surface area contributed by atoms with Crippen molar-refractivity contribution in [2.45, 2.75) is 37.5 Å². The third-order valence-electron chi connectivity index (χ3n) is 5.38. The Labute approximate surface area is 164 Å². The molecule has 2 amide bonds. The fourth-order valence-corrected chi connectivity index (χ4v) is 4.10. The number of anilines is 1. The van der Waals surface area contributed by atoms with Crippen molar-refractivity contribution in [1.29, 1.82) is 0 Å². The molecule has 1 N–H and O–H groups in total. The van der Waals surface area contributed by atoms with Gasteiger partial charge in [0.05, 0.1) is 18.2 Å². The molecule has 0 spiro atoms. The molecule has 0 aliphatic carbocycles. The number of ether oxygens (including phenoxy) is 2. The Hall–Kier alpha value is -2.60. The maximum atomic E-state index is 12.9. The number of alkyl halides is 1. The van der Waals surface area contributed by atoms with E-state index in [4.69, 9.17) is 9.47 Å². The van der Waals surface area contributed by atoms with E-state index in [0.717, 1.165) is 31.4 Å². The second-order valence-corrected chi connectivity index (χ2v) is 7.21. The molecule has 2 fully saturated rings. The molecule has 3 atom stereocenters. The third kappa shape index (κ3) is 4.12. The van der Waals surface area contributed by atoms with Gasteiger partial charge in [-0.15, -0.1) is 0 Å². The van der Waals surface area contributed by atoms with E-state index in [9.17, 15) is 9.18 Å². The van der Waals surface area contributed by atoms with Crippen LogP contribution in [0.25, 0.3) is 0 Å². The maximum absolute atomic E-state index is 12.9. The highest BCUT2D eigenvalue weighted by Gasteiger charge is 2.43. The van der Waals surface area contributed by atoms with E-state index in [1.165, 1.54) is 0 Å². The fourth-order valence-electron chi connectivity index (χ4n) is 4.10. The monoisotopic (exact) mass is 384 g/mol. The van der Waals surface area contributed by atoms with Crippen molar-refractivity contribution in [3.63, 3.8) is 0 Å². The van der Waals surface area contributed by atoms with Crippen LogP contribution in [0.3, 0.4) is 0 Å². The van der Waals surface area contributed by atoms with Crippen LogP contribution in [-0.4, -0.2) is 42.9 Å². The van der Waals surface area contributed by atoms with Gasteiger partial charge < -0.3 is 19.7 Å². The zero-order chi connectivity index (χ0) is 19.3. The van der Waals surface area contributed by atoms with Gasteiger partial charge in [0.25, 0.3) is 0 Å². The maximum Gasteiger partial charge on any atom is 0.322 e. The minimum Gasteiger partial charge on any atom is -0.491 e. The average Bonchev–Trinajstić information content (AvgIpc) is 3.17. The summed E-state index contributed by atoms with van der Waals surface area (Å²) in [4.78, 5) is 14.8. The van der Waals surface area contributed by atoms with Crippen molar-refractivity contribution < 1.29 is 18.7 Å². The first-order valence-corrected chi connectivity index (χ1v) is 9.81. The number of hydrogen-bond donors (Lipinski definition) is 1. The molecular weight excluding hydrogens is 359 g/mol. The van der Waals surface area contributed by atoms with E-state index < -0.39 is 6.67 Å². The Balaban J connectivity index is 1.43. The van der Waals surface area contributed by atoms with Gasteiger partial charge in [-0.3, -0.25) is 0 Å². The summed E-state index contributed by atoms with van der Waals surface area (Å²) < 4.78 is 23.9. The zero-order valence-corrected chi connectivity index (χ0v) is 15.7. The first kappa shape index (κ1) is 18.7. The lowest BCUT2D eigenvalue weighted by atomic mass is 9.96. The molecule has 2 aliphatic rings. The first-order valence-electron chi connectivity index (χ1n) is 9.81. The Bertz CT molecular complexity index is 801. The van der Waals surface area contributed by atoms with E-state index in [-0.39, 0.29) is 30.9 Å². The summed E-state index contributed by atoms with van der Waals surface area (Å²) in [7, 11) is 0. The van der Waals surface area contributed by atoms with Gasteiger partial charge >= 0.3 is 6.03 Å². The Kier molecular flexibility index (Phi) is 5.76. The lowest BCUT2D eigenvalue weighted by molar-refractivity contribution is 0.00680. The number of urea groups is 1. The second kappa shape index (κ2) is 8.61. The minimum atomic E-state index is -0.546. The summed E-state index contributed by atoms with van der Waals surface area (Å²) in [5, 5.41) is 2.95. The normalized spacial score (nSPS) is 23.9. The predicted octanol–water partition coefficient (Wildman–Crippen LogP) is 4.56. The molecule has 2 saturated heterocycles. The summed E-state index contributed by atoms with van der Waals surface area (Å²) in [6.45, 7) is 0.178. The third-order valence-corrected chi connectivity index (χ3v) is 5.38. The standard InChI is InChI=1S/C22H25FN2O3/c23-11-13-27-18-9-4-8-17(14-18)24-22(26)25-12-5-10-20-19(25)15-21(28-20)16-6-2-1-3-7-16/h1-4,6-9,14,19-21H,5,10-13,15H2,(H,24,26)/t19-,20-,21-/m0/s1. The minimum absolute atomic E-state index is 0.00545. The Morgan fingerprint density at radius 1 is 1.21 bits per heavy atom. The van der Waals surface area contributed by atoms with Crippen LogP contribution in [0.5, 0.6) is 5.75 Å². The number of rotatable bonds is 5. The number of fused-ring (bicyclic) bond motifs is 1. The number of hydrogen-bond acceptors (Lipinski definition) is 3. The predicted molar refractivity (Wildman–Crippen MR) is 105 cm³/mol. The SMILES string of the molecule is O=C(Nc1cccc(OCCF)c1)N1CCC[C@@H]2O[C@H](c3ccccc3)C[C@@H]21. The number of carbonyl (C=O) groups excluding carboxylic acids is 1. The van der Waals surface area contributed by atoms with Crippen molar-refractivity contribution >= 4 is 11.7 Å². The quantitative estimate of drug-likeness (QED) is 0.822. The summed E-state index contributed by atoms with van der Waals surface area (Å²) in [5.41, 5.74) is 1.80. The smallest absolute Gasteiger partial charge is 0.322 e. The lowest BCUT2D eigenvalue weighted by Crippen LogP contribution is -2.50. The van der Waals surface area contributed by atoms with Crippen molar-refractivity contribution in [3.05, 3.63) is 60.2 Å². The van der Waals surface area contributed by atoms with Crippen LogP contribution in [0.15, 0.2) is 54.6 Å². The van der Waals surface area contributed by atoms with E-state index >= 15 is 0 Å². The highest BCUT2D eigenvalue weighted by Crippen LogP contribution is 2.39. The summed E-state index contributed by atoms with van der Waals surface area (Å²) in [6, 6.07) is 17.2. The van der Waals surface area contributed by atoms with Gasteiger partial charge in [0.1, 0.15) is 19.0 Å². The largest absolute Gasteiger partial charge is 0.491 e. The lowest BCUT2D eigenvalue weighted by Gasteiger charge is -2.36. The first-order chi connectivity index (χ1) is 13.7. The molecule has 0 radical (unpaired) electrons. The van der Waals surface area contributed by atoms with Gasteiger partial charge in [-0.1, -0.05) is 36.4 Å². The number of carbonyl (C=O) groups is 1. The summed E-state index contributed by atoms with van der Waals surface area (Å²) in [6.07, 6.45) is 2.81. The van der Waals surface area contributed by atoms with Crippen LogP contribution in [0.1, 0.15) is 30.9 Å². The molecule has 4 rings (SSSR count). The van der Waals surface area contributed by atoms with E-state index in [0.29, 0.717) is 11.4 Å². The van der Waals surface area contributed by atoms with E-state index in [1.54, 1.807) is 24.3 Å². The Morgan fingerprint density at radius 3 is 2.89 bits per heavy atom. The number of likely N-dealkylation sites (tertiary alicyclic amines) is 1. The topological polar surface area (TPSA) is 50.8 Å². The van der Waals surface area contributed by atoms with E-state index in [1.807, 2.05) is 23.1 Å². The van der Waals surface area contributed by atoms with Crippen LogP contribution in [-0.2, 0) is 4.74 Å². The number of amides is 2. The number of benzene rings is 2. The van der Waals surface area contributed by atoms with E-state index in [2.05, 4.69) is 17.4 Å². The number of nitrogens with one attached hydrogen (secondary N) is 1. The Morgan fingerprint density at radius 2 is 2.07 bits per heavy atom. The highest BCUT2D eigenvalue weighted by molar-refractivity contribution is 5.90. The van der Waals surface area contributed by atoms with Gasteiger partial charge in [-0.05, 0) is 30.5 Å². The average molecular weight is 384 g/mol. The molecule has 2 aromatic carbocycles. The van der Waals surface area contributed by atoms with Gasteiger partial charge in [0.15, 0.2) is 0 Å². The van der Waals surface area contributed by atoms with Crippen LogP contribution < -0.4 is 10.1 Å². The van der Waals surface area contributed by atoms with Crippen molar-refractivity contribution in [2.75, 3.05) is 25.1 Å². The molecule has 2 heterocycles. The molecule has 148 valence electrons. The van der Waals surface area contributed by atoms with Crippen LogP contribution in [0.4, 0.5) is 14.9 Å². The molecule has 0 aromatic heterocycles. The number of halogens is 1. The van der Waals surface area contributed by atoms with Crippen molar-refractivity contribution in [2.24, 2.45) is 0 Å². The molecular formula is C22H25FN2O3. The second-order valence-electron chi connectivity index (χ2n) is 7.21. The highest BCUT2D eigenvalue weighted by atomic mass is 19.1. The molecule has 0 saturated carbocycles. The molecule has 5 nitrogen and oxygen atoms in total. The molecule has 0 bridgehead atoms. The fraction of sp³-hybridized carbons (Fsp3) is 0.409. The van der Waals surface area contributed by atoms with Crippen molar-refractivity contribution in [1.82, 2.24) is 4.90 Å². The molecule has 6 heteroatoms. The van der Waals surface area contributed by atoms with Crippen molar-refractivity contribution in [3.8, 4) is 5.75 Å². The van der Waals surface area contributed by atoms with Crippen LogP contribution in [0, 0.1) is 0 Å². The molecule has 2 aromatic rings. The van der Waals surface area contributed by atoms with Gasteiger partial charge in [0.2, 0.25) is 0 Å². The van der Waals surface area contributed by atoms with Crippen LogP contribution >= 0.6 is 0 Å². The van der Waals surface area contributed by atoms with Gasteiger partial charge in [-0.25, -0.2) is 9.18 Å². The molecule has 2 aliphatic heterocycles. The summed E-state index contributed by atoms with van der Waals surface area (Å²) >= 11 is 0. The van der Waals surface area contributed by atoms with Gasteiger partial charge in [0, 0.05) is 24.7 Å². The number of nitrogens with zero attached hydrogens (tertiary/aromatic N) is 1. The van der Waals surface area contributed by atoms with Crippen LogP contribution in [0.2, 0.25) is 0 Å². The molecule has 28 heavy (non-hydrogen) atoms. The zero-order valence-electron chi connectivity index (χ0n) is 15.7. The van der Waals surface area contributed by atoms with Gasteiger partial charge in [-0.2, -0.15) is 0 Å². The molecule has 0 unspecified atom stereocenters.